The first-order valence-corrected chi connectivity index (χ1v) is 6.57. The van der Waals surface area contributed by atoms with Gasteiger partial charge in [0.05, 0.1) is 0 Å². The first-order chi connectivity index (χ1) is 10.0. The largest absolute Gasteiger partial charge is 0.366 e. The van der Waals surface area contributed by atoms with Gasteiger partial charge >= 0.3 is 5.97 Å². The fourth-order valence-electron chi connectivity index (χ4n) is 1.71. The molecule has 7 heteroatoms. The van der Waals surface area contributed by atoms with Gasteiger partial charge in [0.15, 0.2) is 0 Å². The Bertz CT molecular complexity index is 499. The number of carbonyl (C=O) groups excluding carboxylic acids is 3. The van der Waals surface area contributed by atoms with Crippen LogP contribution in [0.2, 0.25) is 0 Å². The van der Waals surface area contributed by atoms with Crippen LogP contribution in [-0.2, 0) is 9.68 Å². The molecule has 0 aromatic heterocycles. The number of nitrogens with two attached hydrogens (primary N) is 1. The van der Waals surface area contributed by atoms with Crippen LogP contribution in [0.1, 0.15) is 46.4 Å². The molecule has 21 heavy (non-hydrogen) atoms. The summed E-state index contributed by atoms with van der Waals surface area (Å²) in [4.78, 5) is 36.9. The molecule has 0 saturated heterocycles. The van der Waals surface area contributed by atoms with Gasteiger partial charge in [-0.1, -0.05) is 6.42 Å². The van der Waals surface area contributed by atoms with Crippen molar-refractivity contribution in [3.63, 3.8) is 0 Å². The summed E-state index contributed by atoms with van der Waals surface area (Å²) in [6.45, 7) is 0.477. The van der Waals surface area contributed by atoms with E-state index in [-0.39, 0.29) is 12.3 Å². The van der Waals surface area contributed by atoms with Crippen LogP contribution in [0.25, 0.3) is 0 Å². The molecule has 0 fully saturated rings. The molecule has 0 saturated carbocycles. The smallest absolute Gasteiger partial charge is 0.342 e. The molecule has 114 valence electrons. The van der Waals surface area contributed by atoms with Crippen LogP contribution in [0.15, 0.2) is 24.3 Å². The number of carbonyl (C=O) groups is 3. The molecule has 1 aromatic rings. The summed E-state index contributed by atoms with van der Waals surface area (Å²) in [6, 6.07) is 6.06. The fraction of sp³-hybridized carbons (Fsp3) is 0.357. The topological polar surface area (TPSA) is 119 Å². The maximum absolute atomic E-state index is 11.8. The molecular weight excluding hydrogens is 276 g/mol. The van der Waals surface area contributed by atoms with Crippen LogP contribution >= 0.6 is 0 Å². The molecule has 2 amide bonds. The van der Waals surface area contributed by atoms with Gasteiger partial charge in [0.2, 0.25) is 5.91 Å². The summed E-state index contributed by atoms with van der Waals surface area (Å²) in [7, 11) is 0. The van der Waals surface area contributed by atoms with Gasteiger partial charge in [0, 0.05) is 24.1 Å². The summed E-state index contributed by atoms with van der Waals surface area (Å²) in [5.41, 5.74) is 5.91. The van der Waals surface area contributed by atoms with Gasteiger partial charge in [0.1, 0.15) is 0 Å². The van der Waals surface area contributed by atoms with Crippen LogP contribution in [0.5, 0.6) is 0 Å². The SMILES string of the molecule is NC(=O)c1ccc(C(=O)NCCCCCC(=O)OO)cc1. The molecule has 1 aromatic carbocycles. The van der Waals surface area contributed by atoms with E-state index in [1.807, 2.05) is 0 Å². The summed E-state index contributed by atoms with van der Waals surface area (Å²) in [5.74, 6) is -1.43. The molecule has 0 spiro atoms. The van der Waals surface area contributed by atoms with Crippen molar-refractivity contribution in [1.82, 2.24) is 5.32 Å². The van der Waals surface area contributed by atoms with E-state index in [9.17, 15) is 14.4 Å². The minimum Gasteiger partial charge on any atom is -0.366 e. The van der Waals surface area contributed by atoms with E-state index in [0.717, 1.165) is 6.42 Å². The second kappa shape index (κ2) is 8.70. The van der Waals surface area contributed by atoms with Gasteiger partial charge in [-0.15, -0.1) is 0 Å². The summed E-state index contributed by atoms with van der Waals surface area (Å²) >= 11 is 0. The van der Waals surface area contributed by atoms with Gasteiger partial charge in [-0.2, -0.15) is 5.26 Å². The molecule has 0 bridgehead atoms. The van der Waals surface area contributed by atoms with E-state index in [1.165, 1.54) is 24.3 Å². The van der Waals surface area contributed by atoms with Crippen LogP contribution in [-0.4, -0.2) is 29.6 Å². The maximum atomic E-state index is 11.8. The second-order valence-electron chi connectivity index (χ2n) is 4.47. The number of primary amides is 1. The van der Waals surface area contributed by atoms with Gasteiger partial charge in [0.25, 0.3) is 5.91 Å². The number of benzene rings is 1. The molecule has 0 aliphatic carbocycles. The first kappa shape index (κ1) is 16.6. The van der Waals surface area contributed by atoms with Crippen molar-refractivity contribution in [2.75, 3.05) is 6.54 Å². The van der Waals surface area contributed by atoms with E-state index in [1.54, 1.807) is 0 Å². The number of unbranched alkanes of at least 4 members (excludes halogenated alkanes) is 2. The summed E-state index contributed by atoms with van der Waals surface area (Å²) in [5, 5.41) is 10.8. The van der Waals surface area contributed by atoms with Crippen molar-refractivity contribution in [2.24, 2.45) is 5.73 Å². The van der Waals surface area contributed by atoms with Crippen molar-refractivity contribution >= 4 is 17.8 Å². The van der Waals surface area contributed by atoms with Crippen LogP contribution in [0.4, 0.5) is 0 Å². The number of rotatable bonds is 8. The molecule has 0 radical (unpaired) electrons. The number of nitrogens with one attached hydrogen (secondary N) is 1. The Labute approximate surface area is 122 Å². The number of amides is 2. The summed E-state index contributed by atoms with van der Waals surface area (Å²) < 4.78 is 0. The highest BCUT2D eigenvalue weighted by Crippen LogP contribution is 2.04. The minimum atomic E-state index is -0.659. The molecule has 4 N–H and O–H groups in total. The third-order valence-electron chi connectivity index (χ3n) is 2.88. The normalized spacial score (nSPS) is 9.95. The number of hydrogen-bond donors (Lipinski definition) is 3. The quantitative estimate of drug-likeness (QED) is 0.377. The highest BCUT2D eigenvalue weighted by molar-refractivity contribution is 5.97. The Balaban J connectivity index is 2.24. The zero-order valence-corrected chi connectivity index (χ0v) is 11.5. The van der Waals surface area contributed by atoms with Crippen molar-refractivity contribution in [3.05, 3.63) is 35.4 Å². The maximum Gasteiger partial charge on any atom is 0.342 e. The van der Waals surface area contributed by atoms with E-state index >= 15 is 0 Å². The zero-order valence-electron chi connectivity index (χ0n) is 11.5. The minimum absolute atomic E-state index is 0.152. The van der Waals surface area contributed by atoms with E-state index in [0.29, 0.717) is 30.5 Å². The lowest BCUT2D eigenvalue weighted by Gasteiger charge is -2.05. The van der Waals surface area contributed by atoms with Gasteiger partial charge in [-0.3, -0.25) is 9.59 Å². The molecule has 7 nitrogen and oxygen atoms in total. The van der Waals surface area contributed by atoms with Crippen LogP contribution in [0.3, 0.4) is 0 Å². The van der Waals surface area contributed by atoms with Gasteiger partial charge < -0.3 is 15.9 Å². The average molecular weight is 294 g/mol. The van der Waals surface area contributed by atoms with Gasteiger partial charge in [-0.05, 0) is 37.1 Å². The monoisotopic (exact) mass is 294 g/mol. The molecule has 1 rings (SSSR count). The predicted octanol–water partition coefficient (Wildman–Crippen LogP) is 1.09. The molecule has 0 heterocycles. The Hall–Kier alpha value is -2.41. The van der Waals surface area contributed by atoms with Crippen LogP contribution < -0.4 is 11.1 Å². The standard InChI is InChI=1S/C14H18N2O5/c15-13(18)10-5-7-11(8-6-10)14(19)16-9-3-1-2-4-12(17)21-20/h5-8,20H,1-4,9H2,(H2,15,18)(H,16,19). The Morgan fingerprint density at radius 1 is 1.05 bits per heavy atom. The second-order valence-corrected chi connectivity index (χ2v) is 4.47. The van der Waals surface area contributed by atoms with Crippen LogP contribution in [0, 0.1) is 0 Å². The highest BCUT2D eigenvalue weighted by Gasteiger charge is 2.06. The van der Waals surface area contributed by atoms with Gasteiger partial charge in [-0.25, -0.2) is 4.79 Å². The first-order valence-electron chi connectivity index (χ1n) is 6.57. The van der Waals surface area contributed by atoms with E-state index in [2.05, 4.69) is 10.2 Å². The third-order valence-corrected chi connectivity index (χ3v) is 2.88. The fourth-order valence-corrected chi connectivity index (χ4v) is 1.71. The lowest BCUT2D eigenvalue weighted by atomic mass is 10.1. The van der Waals surface area contributed by atoms with Crippen molar-refractivity contribution < 1.29 is 24.5 Å². The van der Waals surface area contributed by atoms with Crippen molar-refractivity contribution in [2.45, 2.75) is 25.7 Å². The lowest BCUT2D eigenvalue weighted by molar-refractivity contribution is -0.234. The lowest BCUT2D eigenvalue weighted by Crippen LogP contribution is -2.24. The summed E-state index contributed by atoms with van der Waals surface area (Å²) in [6.07, 6.45) is 2.18. The van der Waals surface area contributed by atoms with Crippen molar-refractivity contribution in [3.8, 4) is 0 Å². The molecule has 0 aliphatic heterocycles. The Morgan fingerprint density at radius 3 is 2.24 bits per heavy atom. The third kappa shape index (κ3) is 6.05. The van der Waals surface area contributed by atoms with E-state index in [4.69, 9.17) is 11.0 Å². The zero-order chi connectivity index (χ0) is 15.7. The Morgan fingerprint density at radius 2 is 1.67 bits per heavy atom. The highest BCUT2D eigenvalue weighted by atomic mass is 17.1. The molecule has 0 aliphatic rings. The molecule has 0 unspecified atom stereocenters. The van der Waals surface area contributed by atoms with E-state index < -0.39 is 11.9 Å². The molecule has 0 atom stereocenters. The molecular formula is C14H18N2O5. The van der Waals surface area contributed by atoms with Crippen molar-refractivity contribution in [1.29, 1.82) is 0 Å². The Kier molecular flexibility index (Phi) is 6.90. The predicted molar refractivity (Wildman–Crippen MR) is 74.5 cm³/mol. The number of hydrogen-bond acceptors (Lipinski definition) is 5. The average Bonchev–Trinajstić information content (AvgIpc) is 2.50.